The number of ether oxygens (including phenoxy) is 1. The van der Waals surface area contributed by atoms with Gasteiger partial charge >= 0.3 is 0 Å². The summed E-state index contributed by atoms with van der Waals surface area (Å²) >= 11 is 0. The third-order valence-electron chi connectivity index (χ3n) is 2.85. The molecule has 2 aromatic carbocycles. The van der Waals surface area contributed by atoms with E-state index >= 15 is 0 Å². The average Bonchev–Trinajstić information content (AvgIpc) is 2.56. The first-order valence-corrected chi connectivity index (χ1v) is 6.35. The van der Waals surface area contributed by atoms with Crippen LogP contribution in [-0.4, -0.2) is 12.9 Å². The minimum atomic E-state index is -0.347. The quantitative estimate of drug-likeness (QED) is 0.517. The number of benzene rings is 2. The van der Waals surface area contributed by atoms with Gasteiger partial charge in [0.25, 0.3) is 0 Å². The van der Waals surface area contributed by atoms with Gasteiger partial charge in [-0.15, -0.1) is 0 Å². The molecule has 0 heterocycles. The molecule has 0 amide bonds. The van der Waals surface area contributed by atoms with E-state index in [2.05, 4.69) is 5.32 Å². The second-order valence-corrected chi connectivity index (χ2v) is 4.24. The fourth-order valence-electron chi connectivity index (χ4n) is 1.76. The van der Waals surface area contributed by atoms with Crippen molar-refractivity contribution in [2.45, 2.75) is 0 Å². The van der Waals surface area contributed by atoms with Crippen molar-refractivity contribution in [3.63, 3.8) is 0 Å². The van der Waals surface area contributed by atoms with Crippen LogP contribution in [0.5, 0.6) is 5.75 Å². The van der Waals surface area contributed by atoms with Gasteiger partial charge < -0.3 is 10.1 Å². The van der Waals surface area contributed by atoms with Crippen molar-refractivity contribution in [2.24, 2.45) is 0 Å². The predicted octanol–water partition coefficient (Wildman–Crippen LogP) is 3.40. The number of Topliss-reactive ketones (excluding diaryl/α,β-unsaturated/α-hetero) is 1. The molecular formula is C17H14N2O2. The maximum absolute atomic E-state index is 12.3. The van der Waals surface area contributed by atoms with Gasteiger partial charge in [-0.05, 0) is 24.3 Å². The van der Waals surface area contributed by atoms with Gasteiger partial charge in [0.2, 0.25) is 5.78 Å². The van der Waals surface area contributed by atoms with Gasteiger partial charge in [0.05, 0.1) is 7.11 Å². The maximum Gasteiger partial charge on any atom is 0.205 e. The van der Waals surface area contributed by atoms with Gasteiger partial charge in [-0.3, -0.25) is 4.79 Å². The van der Waals surface area contributed by atoms with E-state index in [1.165, 1.54) is 13.3 Å². The van der Waals surface area contributed by atoms with Gasteiger partial charge in [0.1, 0.15) is 17.4 Å². The molecule has 0 saturated heterocycles. The van der Waals surface area contributed by atoms with Gasteiger partial charge in [0.15, 0.2) is 0 Å². The Morgan fingerprint density at radius 3 is 2.62 bits per heavy atom. The van der Waals surface area contributed by atoms with Crippen LogP contribution >= 0.6 is 0 Å². The molecule has 0 aromatic heterocycles. The van der Waals surface area contributed by atoms with Crippen molar-refractivity contribution in [2.75, 3.05) is 12.4 Å². The topological polar surface area (TPSA) is 62.1 Å². The summed E-state index contributed by atoms with van der Waals surface area (Å²) in [6, 6.07) is 18.0. The predicted molar refractivity (Wildman–Crippen MR) is 81.1 cm³/mol. The van der Waals surface area contributed by atoms with E-state index in [1.54, 1.807) is 24.3 Å². The van der Waals surface area contributed by atoms with E-state index in [-0.39, 0.29) is 11.4 Å². The zero-order valence-corrected chi connectivity index (χ0v) is 11.5. The van der Waals surface area contributed by atoms with Gasteiger partial charge in [-0.2, -0.15) is 5.26 Å². The summed E-state index contributed by atoms with van der Waals surface area (Å²) in [6.45, 7) is 0. The molecule has 0 spiro atoms. The number of allylic oxidation sites excluding steroid dienone is 1. The number of hydrogen-bond acceptors (Lipinski definition) is 4. The summed E-state index contributed by atoms with van der Waals surface area (Å²) in [5, 5.41) is 12.1. The molecule has 0 saturated carbocycles. The van der Waals surface area contributed by atoms with Gasteiger partial charge in [0, 0.05) is 17.5 Å². The number of carbonyl (C=O) groups excluding carboxylic acids is 1. The number of nitriles is 1. The Kier molecular flexibility index (Phi) is 4.73. The van der Waals surface area contributed by atoms with Crippen LogP contribution in [0.1, 0.15) is 10.4 Å². The number of rotatable bonds is 5. The fourth-order valence-corrected chi connectivity index (χ4v) is 1.76. The molecule has 2 aromatic rings. The smallest absolute Gasteiger partial charge is 0.205 e. The van der Waals surface area contributed by atoms with Crippen LogP contribution < -0.4 is 10.1 Å². The largest absolute Gasteiger partial charge is 0.497 e. The molecule has 0 radical (unpaired) electrons. The molecule has 0 aliphatic heterocycles. The monoisotopic (exact) mass is 278 g/mol. The van der Waals surface area contributed by atoms with Crippen molar-refractivity contribution in [1.29, 1.82) is 5.26 Å². The highest BCUT2D eigenvalue weighted by Gasteiger charge is 2.12. The molecule has 4 heteroatoms. The van der Waals surface area contributed by atoms with E-state index in [0.29, 0.717) is 11.3 Å². The number of para-hydroxylation sites is 1. The number of hydrogen-bond donors (Lipinski definition) is 1. The Morgan fingerprint density at radius 1 is 1.19 bits per heavy atom. The van der Waals surface area contributed by atoms with Crippen molar-refractivity contribution >= 4 is 11.5 Å². The summed E-state index contributed by atoms with van der Waals surface area (Å²) in [4.78, 5) is 12.3. The molecule has 2 rings (SSSR count). The van der Waals surface area contributed by atoms with Crippen LogP contribution in [0.3, 0.4) is 0 Å². The molecule has 0 aliphatic carbocycles. The van der Waals surface area contributed by atoms with E-state index in [1.807, 2.05) is 36.4 Å². The Bertz CT molecular complexity index is 700. The lowest BCUT2D eigenvalue weighted by Gasteiger charge is -2.04. The lowest BCUT2D eigenvalue weighted by Crippen LogP contribution is -2.04. The third kappa shape index (κ3) is 3.71. The molecule has 0 fully saturated rings. The first-order chi connectivity index (χ1) is 10.2. The number of methoxy groups -OCH3 is 1. The fraction of sp³-hybridized carbons (Fsp3) is 0.0588. The SMILES string of the molecule is COc1cccc(C(=O)/C(C#N)=C\Nc2ccccc2)c1. The van der Waals surface area contributed by atoms with Crippen LogP contribution in [0, 0.1) is 11.3 Å². The highest BCUT2D eigenvalue weighted by molar-refractivity contribution is 6.11. The molecule has 104 valence electrons. The minimum Gasteiger partial charge on any atom is -0.497 e. The first kappa shape index (κ1) is 14.4. The molecule has 0 aliphatic rings. The van der Waals surface area contributed by atoms with Crippen molar-refractivity contribution in [1.82, 2.24) is 0 Å². The zero-order valence-electron chi connectivity index (χ0n) is 11.5. The molecule has 0 atom stereocenters. The molecule has 21 heavy (non-hydrogen) atoms. The lowest BCUT2D eigenvalue weighted by molar-refractivity contribution is 0.103. The number of ketones is 1. The summed E-state index contributed by atoms with van der Waals surface area (Å²) in [5.41, 5.74) is 1.26. The standard InChI is InChI=1S/C17H14N2O2/c1-21-16-9-5-6-13(10-16)17(20)14(11-18)12-19-15-7-3-2-4-8-15/h2-10,12,19H,1H3/b14-12-. The van der Waals surface area contributed by atoms with Gasteiger partial charge in [-0.25, -0.2) is 0 Å². The zero-order chi connectivity index (χ0) is 15.1. The second-order valence-electron chi connectivity index (χ2n) is 4.24. The number of anilines is 1. The van der Waals surface area contributed by atoms with Crippen molar-refractivity contribution in [3.8, 4) is 11.8 Å². The molecule has 0 unspecified atom stereocenters. The first-order valence-electron chi connectivity index (χ1n) is 6.35. The molecule has 1 N–H and O–H groups in total. The second kappa shape index (κ2) is 6.92. The van der Waals surface area contributed by atoms with Crippen LogP contribution in [0.4, 0.5) is 5.69 Å². The summed E-state index contributed by atoms with van der Waals surface area (Å²) < 4.78 is 5.08. The van der Waals surface area contributed by atoms with Crippen LogP contribution in [-0.2, 0) is 0 Å². The highest BCUT2D eigenvalue weighted by Crippen LogP contribution is 2.16. The summed E-state index contributed by atoms with van der Waals surface area (Å²) in [5.74, 6) is 0.231. The molecular weight excluding hydrogens is 264 g/mol. The summed E-state index contributed by atoms with van der Waals surface area (Å²) in [7, 11) is 1.53. The van der Waals surface area contributed by atoms with E-state index in [0.717, 1.165) is 5.69 Å². The molecule has 0 bridgehead atoms. The van der Waals surface area contributed by atoms with Gasteiger partial charge in [-0.1, -0.05) is 30.3 Å². The Balaban J connectivity index is 2.20. The number of nitrogens with zero attached hydrogens (tertiary/aromatic N) is 1. The number of carbonyl (C=O) groups is 1. The van der Waals surface area contributed by atoms with E-state index in [9.17, 15) is 4.79 Å². The Hall–Kier alpha value is -3.06. The summed E-state index contributed by atoms with van der Waals surface area (Å²) in [6.07, 6.45) is 1.41. The highest BCUT2D eigenvalue weighted by atomic mass is 16.5. The number of nitrogens with one attached hydrogen (secondary N) is 1. The minimum absolute atomic E-state index is 0.0344. The Labute approximate surface area is 123 Å². The average molecular weight is 278 g/mol. The lowest BCUT2D eigenvalue weighted by atomic mass is 10.0. The van der Waals surface area contributed by atoms with E-state index < -0.39 is 0 Å². The van der Waals surface area contributed by atoms with Crippen LogP contribution in [0.15, 0.2) is 66.4 Å². The van der Waals surface area contributed by atoms with Crippen molar-refractivity contribution in [3.05, 3.63) is 71.9 Å². The van der Waals surface area contributed by atoms with Crippen LogP contribution in [0.2, 0.25) is 0 Å². The van der Waals surface area contributed by atoms with Crippen LogP contribution in [0.25, 0.3) is 0 Å². The van der Waals surface area contributed by atoms with Crippen molar-refractivity contribution < 1.29 is 9.53 Å². The van der Waals surface area contributed by atoms with E-state index in [4.69, 9.17) is 10.00 Å². The normalized spacial score (nSPS) is 10.6. The molecule has 4 nitrogen and oxygen atoms in total. The third-order valence-corrected chi connectivity index (χ3v) is 2.85. The Morgan fingerprint density at radius 2 is 1.95 bits per heavy atom. The maximum atomic E-state index is 12.3.